The van der Waals surface area contributed by atoms with Crippen LogP contribution in [0.2, 0.25) is 0 Å². The number of hydrogen-bond donors (Lipinski definition) is 5. The first-order valence-corrected chi connectivity index (χ1v) is 15.8. The smallest absolute Gasteiger partial charge is 0.326 e. The van der Waals surface area contributed by atoms with E-state index in [1.54, 1.807) is 32.0 Å². The first kappa shape index (κ1) is 33.2. The molecule has 1 heterocycles. The van der Waals surface area contributed by atoms with Crippen molar-refractivity contribution in [2.45, 2.75) is 38.0 Å². The summed E-state index contributed by atoms with van der Waals surface area (Å²) >= 11 is 1.27. The Hall–Kier alpha value is -3.33. The number of quaternary nitrogens is 2. The Morgan fingerprint density at radius 3 is 2.33 bits per heavy atom. The van der Waals surface area contributed by atoms with Gasteiger partial charge in [0, 0.05) is 17.1 Å². The molecule has 0 aliphatic carbocycles. The molecule has 11 nitrogen and oxygen atoms in total. The van der Waals surface area contributed by atoms with Crippen LogP contribution < -0.4 is 26.8 Å². The minimum absolute atomic E-state index is 0.0955. The number of carbonyl (C=O) groups is 2. The van der Waals surface area contributed by atoms with E-state index in [4.69, 9.17) is 10.5 Å². The van der Waals surface area contributed by atoms with Gasteiger partial charge in [-0.15, -0.1) is 11.3 Å². The van der Waals surface area contributed by atoms with Gasteiger partial charge in [0.1, 0.15) is 19.2 Å². The second-order valence-corrected chi connectivity index (χ2v) is 14.0. The van der Waals surface area contributed by atoms with Crippen LogP contribution in [0.1, 0.15) is 26.4 Å². The predicted octanol–water partition coefficient (Wildman–Crippen LogP) is 1.56. The van der Waals surface area contributed by atoms with Crippen molar-refractivity contribution in [3.05, 3.63) is 70.1 Å². The van der Waals surface area contributed by atoms with Crippen molar-refractivity contribution >= 4 is 38.9 Å². The zero-order chi connectivity index (χ0) is 31.2. The van der Waals surface area contributed by atoms with Gasteiger partial charge in [-0.1, -0.05) is 29.8 Å². The third kappa shape index (κ3) is 9.34. The van der Waals surface area contributed by atoms with Crippen LogP contribution in [0.5, 0.6) is 0 Å². The zero-order valence-corrected chi connectivity index (χ0v) is 26.6. The van der Waals surface area contributed by atoms with Gasteiger partial charge in [-0.3, -0.25) is 15.3 Å². The van der Waals surface area contributed by atoms with Crippen LogP contribution in [0.4, 0.5) is 5.69 Å². The van der Waals surface area contributed by atoms with E-state index in [1.165, 1.54) is 11.3 Å². The molecular formula is C29H42N6O5S2+2. The van der Waals surface area contributed by atoms with Crippen molar-refractivity contribution in [2.75, 3.05) is 46.2 Å². The van der Waals surface area contributed by atoms with Gasteiger partial charge in [0.25, 0.3) is 5.91 Å². The van der Waals surface area contributed by atoms with E-state index in [0.29, 0.717) is 27.0 Å². The number of carbonyl (C=O) groups excluding carboxylic acids is 2. The molecule has 0 bridgehead atoms. The van der Waals surface area contributed by atoms with E-state index in [9.17, 15) is 18.0 Å². The van der Waals surface area contributed by atoms with Gasteiger partial charge in [-0.25, -0.2) is 8.42 Å². The van der Waals surface area contributed by atoms with Crippen molar-refractivity contribution in [2.24, 2.45) is 5.73 Å². The lowest BCUT2D eigenvalue weighted by atomic mass is 10.1. The Balaban J connectivity index is 1.78. The molecule has 228 valence electrons. The van der Waals surface area contributed by atoms with Crippen LogP contribution in [0.15, 0.2) is 53.4 Å². The van der Waals surface area contributed by atoms with Gasteiger partial charge >= 0.3 is 5.97 Å². The molecule has 0 saturated carbocycles. The molecule has 0 aliphatic rings. The minimum atomic E-state index is -4.12. The molecule has 42 heavy (non-hydrogen) atoms. The summed E-state index contributed by atoms with van der Waals surface area (Å²) in [5.41, 5.74) is 13.2. The van der Waals surface area contributed by atoms with E-state index >= 15 is 0 Å². The van der Waals surface area contributed by atoms with Crippen LogP contribution in [0.3, 0.4) is 0 Å². The first-order valence-electron chi connectivity index (χ1n) is 13.5. The van der Waals surface area contributed by atoms with E-state index in [-0.39, 0.29) is 18.0 Å². The summed E-state index contributed by atoms with van der Waals surface area (Å²) in [7, 11) is 1.74. The highest BCUT2D eigenvalue weighted by molar-refractivity contribution is 7.89. The van der Waals surface area contributed by atoms with Crippen LogP contribution in [-0.2, 0) is 19.6 Å². The number of ether oxygens (including phenoxy) is 1. The number of aryl methyl sites for hydroxylation is 3. The molecule has 0 saturated heterocycles. The lowest BCUT2D eigenvalue weighted by Gasteiger charge is -2.24. The molecule has 0 radical (unpaired) electrons. The molecule has 3 aromatic rings. The predicted molar refractivity (Wildman–Crippen MR) is 165 cm³/mol. The van der Waals surface area contributed by atoms with Gasteiger partial charge in [0.05, 0.1) is 30.9 Å². The fraction of sp³-hybridized carbons (Fsp3) is 0.379. The molecule has 0 aliphatic heterocycles. The highest BCUT2D eigenvalue weighted by Gasteiger charge is 2.30. The van der Waals surface area contributed by atoms with Crippen LogP contribution in [0, 0.1) is 20.8 Å². The summed E-state index contributed by atoms with van der Waals surface area (Å²) in [6.07, 6.45) is -0.464. The fourth-order valence-corrected chi connectivity index (χ4v) is 6.96. The molecule has 3 rings (SSSR count). The topological polar surface area (TPSA) is 167 Å². The maximum Gasteiger partial charge on any atom is 0.326 e. The van der Waals surface area contributed by atoms with E-state index in [0.717, 1.165) is 21.7 Å². The monoisotopic (exact) mass is 618 g/mol. The number of nitrogens with zero attached hydrogens (tertiary/aromatic N) is 1. The third-order valence-corrected chi connectivity index (χ3v) is 9.17. The Kier molecular flexibility index (Phi) is 10.9. The maximum atomic E-state index is 13.5. The molecule has 13 heteroatoms. The summed E-state index contributed by atoms with van der Waals surface area (Å²) in [6, 6.07) is 13.3. The summed E-state index contributed by atoms with van der Waals surface area (Å²) in [5, 5.41) is 5.75. The standard InChI is InChI=1S/C29H40N6O5S2/c1-18-14-19(2)26(20(3)15-18)42(38,39)34-23(28(37)40-13-12-35(4,5)6)17-32-27(36)25-11-10-24(41-25)21-8-7-9-22(16-21)33-29(30)31/h7-11,14-16,23,29,33-34H,12-13,17,30-31H2,1-6H3/p+2. The lowest BCUT2D eigenvalue weighted by molar-refractivity contribution is -0.870. The van der Waals surface area contributed by atoms with Crippen molar-refractivity contribution in [3.8, 4) is 10.4 Å². The molecular weight excluding hydrogens is 576 g/mol. The summed E-state index contributed by atoms with van der Waals surface area (Å²) < 4.78 is 35.4. The van der Waals surface area contributed by atoms with Crippen LogP contribution in [-0.4, -0.2) is 77.9 Å². The Bertz CT molecular complexity index is 1510. The number of benzene rings is 2. The minimum Gasteiger partial charge on any atom is -0.458 e. The zero-order valence-electron chi connectivity index (χ0n) is 25.0. The van der Waals surface area contributed by atoms with Crippen LogP contribution >= 0.6 is 11.3 Å². The third-order valence-electron chi connectivity index (χ3n) is 6.26. The number of thiophene rings is 1. The van der Waals surface area contributed by atoms with Gasteiger partial charge in [0.2, 0.25) is 16.3 Å². The van der Waals surface area contributed by atoms with Gasteiger partial charge < -0.3 is 25.6 Å². The average Bonchev–Trinajstić information content (AvgIpc) is 3.35. The number of hydrogen-bond acceptors (Lipinski definition) is 8. The van der Waals surface area contributed by atoms with Crippen molar-refractivity contribution in [3.63, 3.8) is 0 Å². The number of anilines is 1. The van der Waals surface area contributed by atoms with E-state index in [1.807, 2.05) is 58.4 Å². The first-order chi connectivity index (χ1) is 19.6. The van der Waals surface area contributed by atoms with Crippen molar-refractivity contribution in [1.82, 2.24) is 10.0 Å². The Morgan fingerprint density at radius 1 is 1.05 bits per heavy atom. The number of sulfonamides is 1. The van der Waals surface area contributed by atoms with Gasteiger partial charge in [-0.2, -0.15) is 4.72 Å². The number of nitrogens with one attached hydrogen (secondary N) is 3. The number of esters is 1. The second kappa shape index (κ2) is 13.8. The van der Waals surface area contributed by atoms with Crippen molar-refractivity contribution < 1.29 is 33.0 Å². The molecule has 2 unspecified atom stereocenters. The number of nitrogens with two attached hydrogens (primary N) is 1. The number of likely N-dealkylation sites (N-methyl/N-ethyl adjacent to an activating group) is 1. The van der Waals surface area contributed by atoms with E-state index in [2.05, 4.69) is 21.1 Å². The van der Waals surface area contributed by atoms with Crippen molar-refractivity contribution in [1.29, 1.82) is 0 Å². The summed E-state index contributed by atoms with van der Waals surface area (Å²) in [5.74, 6) is -1.21. The molecule has 0 spiro atoms. The molecule has 0 fully saturated rings. The largest absolute Gasteiger partial charge is 0.458 e. The highest BCUT2D eigenvalue weighted by Crippen LogP contribution is 2.30. The maximum absolute atomic E-state index is 13.5. The summed E-state index contributed by atoms with van der Waals surface area (Å²) in [4.78, 5) is 27.5. The molecule has 2 atom stereocenters. The second-order valence-electron chi connectivity index (χ2n) is 11.3. The Morgan fingerprint density at radius 2 is 1.71 bits per heavy atom. The molecule has 2 aromatic carbocycles. The highest BCUT2D eigenvalue weighted by atomic mass is 32.2. The van der Waals surface area contributed by atoms with Gasteiger partial charge in [-0.05, 0) is 61.7 Å². The number of amides is 1. The normalized spacial score (nSPS) is 13.3. The average molecular weight is 619 g/mol. The number of rotatable bonds is 13. The molecule has 8 N–H and O–H groups in total. The van der Waals surface area contributed by atoms with E-state index < -0.39 is 34.2 Å². The SMILES string of the molecule is Cc1cc(C)c(S(=O)(=O)NC(CNC(=O)c2ccc(-c3cccc(NC(N)[NH3+])c3)s2)C(=O)OCC[N+](C)(C)C)c(C)c1. The van der Waals surface area contributed by atoms with Gasteiger partial charge in [0.15, 0.2) is 0 Å². The summed E-state index contributed by atoms with van der Waals surface area (Å²) in [6.45, 7) is 5.63. The molecule has 1 aromatic heterocycles. The van der Waals surface area contributed by atoms with Crippen LogP contribution in [0.25, 0.3) is 10.4 Å². The Labute approximate surface area is 251 Å². The molecule has 1 amide bonds. The lowest BCUT2D eigenvalue weighted by Crippen LogP contribution is -2.70. The quantitative estimate of drug-likeness (QED) is 0.110. The fourth-order valence-electron chi connectivity index (χ4n) is 4.40.